The number of rotatable bonds is 3. The van der Waals surface area contributed by atoms with E-state index < -0.39 is 0 Å². The fraction of sp³-hybridized carbons (Fsp3) is 0.333. The van der Waals surface area contributed by atoms with Crippen molar-refractivity contribution in [1.29, 1.82) is 5.26 Å². The zero-order valence-electron chi connectivity index (χ0n) is 9.79. The van der Waals surface area contributed by atoms with E-state index in [0.717, 1.165) is 0 Å². The van der Waals surface area contributed by atoms with Gasteiger partial charge < -0.3 is 10.3 Å². The molecule has 0 aliphatic carbocycles. The normalized spacial score (nSPS) is 14.2. The number of hydrogen-bond donors (Lipinski definition) is 1. The summed E-state index contributed by atoms with van der Waals surface area (Å²) in [5.41, 5.74) is 7.26. The van der Waals surface area contributed by atoms with Gasteiger partial charge in [-0.05, 0) is 30.9 Å². The molecule has 17 heavy (non-hydrogen) atoms. The summed E-state index contributed by atoms with van der Waals surface area (Å²) >= 11 is 1.67. The molecule has 0 bridgehead atoms. The molecule has 0 aliphatic heterocycles. The first-order valence-corrected chi connectivity index (χ1v) is 6.25. The molecule has 0 saturated carbocycles. The summed E-state index contributed by atoms with van der Waals surface area (Å²) in [6.07, 6.45) is 3.45. The highest BCUT2D eigenvalue weighted by Gasteiger charge is 2.23. The molecule has 2 unspecified atom stereocenters. The third-order valence-electron chi connectivity index (χ3n) is 2.74. The summed E-state index contributed by atoms with van der Waals surface area (Å²) in [6.45, 7) is 4.01. The molecule has 2 aromatic heterocycles. The van der Waals surface area contributed by atoms with Gasteiger partial charge >= 0.3 is 0 Å². The Morgan fingerprint density at radius 1 is 1.59 bits per heavy atom. The second kappa shape index (κ2) is 4.70. The maximum absolute atomic E-state index is 9.03. The summed E-state index contributed by atoms with van der Waals surface area (Å²) in [5.74, 6) is 0.403. The Hall–Kier alpha value is -1.64. The van der Waals surface area contributed by atoms with Crippen molar-refractivity contribution in [2.75, 3.05) is 0 Å². The lowest BCUT2D eigenvalue weighted by atomic mass is 10.1. The Labute approximate surface area is 104 Å². The number of hydrogen-bond acceptors (Lipinski definition) is 4. The van der Waals surface area contributed by atoms with Gasteiger partial charge in [-0.15, -0.1) is 11.3 Å². The summed E-state index contributed by atoms with van der Waals surface area (Å²) in [5, 5.41) is 11.1. The van der Waals surface area contributed by atoms with Gasteiger partial charge in [0.05, 0.1) is 6.04 Å². The van der Waals surface area contributed by atoms with Gasteiger partial charge in [0.15, 0.2) is 0 Å². The van der Waals surface area contributed by atoms with Crippen LogP contribution in [0.5, 0.6) is 0 Å². The molecule has 2 atom stereocenters. The molecule has 0 aromatic carbocycles. The quantitative estimate of drug-likeness (QED) is 0.901. The van der Waals surface area contributed by atoms with Gasteiger partial charge in [0.2, 0.25) is 5.82 Å². The fourth-order valence-electron chi connectivity index (χ4n) is 1.93. The van der Waals surface area contributed by atoms with Crippen molar-refractivity contribution >= 4 is 11.3 Å². The number of aryl methyl sites for hydroxylation is 1. The number of aromatic nitrogens is 2. The lowest BCUT2D eigenvalue weighted by molar-refractivity contribution is 0.497. The van der Waals surface area contributed by atoms with Crippen LogP contribution in [-0.2, 0) is 0 Å². The topological polar surface area (TPSA) is 67.6 Å². The van der Waals surface area contributed by atoms with Crippen LogP contribution in [0.3, 0.4) is 0 Å². The lowest BCUT2D eigenvalue weighted by Gasteiger charge is -2.22. The van der Waals surface area contributed by atoms with Crippen molar-refractivity contribution in [2.24, 2.45) is 5.73 Å². The first-order chi connectivity index (χ1) is 8.15. The van der Waals surface area contributed by atoms with Gasteiger partial charge in [-0.25, -0.2) is 4.98 Å². The highest BCUT2D eigenvalue weighted by molar-refractivity contribution is 7.10. The number of imidazole rings is 1. The monoisotopic (exact) mass is 246 g/mol. The molecule has 2 aromatic rings. The Bertz CT molecular complexity index is 547. The van der Waals surface area contributed by atoms with Crippen LogP contribution in [0.15, 0.2) is 23.8 Å². The molecular formula is C12H14N4S. The minimum atomic E-state index is -0.0753. The van der Waals surface area contributed by atoms with E-state index in [1.165, 1.54) is 10.4 Å². The van der Waals surface area contributed by atoms with E-state index in [9.17, 15) is 0 Å². The Morgan fingerprint density at radius 2 is 2.35 bits per heavy atom. The van der Waals surface area contributed by atoms with Crippen molar-refractivity contribution in [2.45, 2.75) is 25.9 Å². The van der Waals surface area contributed by atoms with Crippen LogP contribution in [0.1, 0.15) is 29.2 Å². The number of nitrogens with zero attached hydrogens (tertiary/aromatic N) is 3. The molecule has 4 nitrogen and oxygen atoms in total. The van der Waals surface area contributed by atoms with E-state index in [0.29, 0.717) is 5.82 Å². The SMILES string of the molecule is Cc1ccsc1C(C(C)N)n1ccnc1C#N. The van der Waals surface area contributed by atoms with Gasteiger partial charge in [0.1, 0.15) is 6.07 Å². The average Bonchev–Trinajstić information content (AvgIpc) is 2.89. The van der Waals surface area contributed by atoms with E-state index in [1.54, 1.807) is 17.5 Å². The smallest absolute Gasteiger partial charge is 0.213 e. The Balaban J connectivity index is 2.51. The lowest BCUT2D eigenvalue weighted by Crippen LogP contribution is -2.30. The molecule has 0 radical (unpaired) electrons. The van der Waals surface area contributed by atoms with Crippen LogP contribution in [-0.4, -0.2) is 15.6 Å². The van der Waals surface area contributed by atoms with Crippen molar-refractivity contribution in [1.82, 2.24) is 9.55 Å². The zero-order chi connectivity index (χ0) is 12.4. The summed E-state index contributed by atoms with van der Waals surface area (Å²) in [4.78, 5) is 5.22. The maximum Gasteiger partial charge on any atom is 0.213 e. The van der Waals surface area contributed by atoms with Crippen LogP contribution >= 0.6 is 11.3 Å². The predicted octanol–water partition coefficient (Wildman–Crippen LogP) is 2.06. The largest absolute Gasteiger partial charge is 0.326 e. The standard InChI is InChI=1S/C12H14N4S/c1-8-3-6-17-12(8)11(9(2)14)16-5-4-15-10(16)7-13/h3-6,9,11H,14H2,1-2H3. The van der Waals surface area contributed by atoms with Gasteiger partial charge in [0, 0.05) is 23.3 Å². The van der Waals surface area contributed by atoms with Crippen molar-refractivity contribution in [3.8, 4) is 6.07 Å². The molecule has 5 heteroatoms. The Morgan fingerprint density at radius 3 is 2.88 bits per heavy atom. The van der Waals surface area contributed by atoms with E-state index in [4.69, 9.17) is 11.0 Å². The number of thiophene rings is 1. The number of nitriles is 1. The minimum Gasteiger partial charge on any atom is -0.326 e. The second-order valence-electron chi connectivity index (χ2n) is 4.04. The van der Waals surface area contributed by atoms with E-state index >= 15 is 0 Å². The number of nitrogens with two attached hydrogens (primary N) is 1. The van der Waals surface area contributed by atoms with Crippen molar-refractivity contribution in [3.63, 3.8) is 0 Å². The molecule has 0 aliphatic rings. The van der Waals surface area contributed by atoms with Gasteiger partial charge in [-0.1, -0.05) is 0 Å². The van der Waals surface area contributed by atoms with Crippen LogP contribution in [0.4, 0.5) is 0 Å². The molecule has 88 valence electrons. The fourth-order valence-corrected chi connectivity index (χ4v) is 3.07. The zero-order valence-corrected chi connectivity index (χ0v) is 10.6. The third-order valence-corrected chi connectivity index (χ3v) is 3.83. The third kappa shape index (κ3) is 2.09. The second-order valence-corrected chi connectivity index (χ2v) is 4.99. The van der Waals surface area contributed by atoms with Crippen molar-refractivity contribution < 1.29 is 0 Å². The van der Waals surface area contributed by atoms with Gasteiger partial charge in [0.25, 0.3) is 0 Å². The van der Waals surface area contributed by atoms with Gasteiger partial charge in [-0.3, -0.25) is 0 Å². The first-order valence-electron chi connectivity index (χ1n) is 5.37. The summed E-state index contributed by atoms with van der Waals surface area (Å²) < 4.78 is 1.85. The van der Waals surface area contributed by atoms with E-state index in [1.807, 2.05) is 23.1 Å². The first kappa shape index (κ1) is 11.8. The van der Waals surface area contributed by atoms with E-state index in [2.05, 4.69) is 24.0 Å². The maximum atomic E-state index is 9.03. The van der Waals surface area contributed by atoms with Gasteiger partial charge in [-0.2, -0.15) is 5.26 Å². The summed E-state index contributed by atoms with van der Waals surface area (Å²) in [7, 11) is 0. The highest BCUT2D eigenvalue weighted by atomic mass is 32.1. The molecular weight excluding hydrogens is 232 g/mol. The van der Waals surface area contributed by atoms with Crippen molar-refractivity contribution in [3.05, 3.63) is 40.1 Å². The molecule has 2 heterocycles. The van der Waals surface area contributed by atoms with Crippen LogP contribution < -0.4 is 5.73 Å². The van der Waals surface area contributed by atoms with Crippen LogP contribution in [0.2, 0.25) is 0 Å². The summed E-state index contributed by atoms with van der Waals surface area (Å²) in [6, 6.07) is 4.06. The Kier molecular flexibility index (Phi) is 3.27. The average molecular weight is 246 g/mol. The minimum absolute atomic E-state index is 0.0212. The molecule has 0 amide bonds. The molecule has 0 saturated heterocycles. The van der Waals surface area contributed by atoms with Crippen LogP contribution in [0, 0.1) is 18.3 Å². The predicted molar refractivity (Wildman–Crippen MR) is 67.8 cm³/mol. The van der Waals surface area contributed by atoms with E-state index in [-0.39, 0.29) is 12.1 Å². The highest BCUT2D eigenvalue weighted by Crippen LogP contribution is 2.29. The molecule has 0 spiro atoms. The molecule has 2 rings (SSSR count). The molecule has 2 N–H and O–H groups in total. The van der Waals surface area contributed by atoms with Crippen LogP contribution in [0.25, 0.3) is 0 Å². The molecule has 0 fully saturated rings.